The molecule has 3 nitrogen and oxygen atoms in total. The van der Waals surface area contributed by atoms with E-state index < -0.39 is 11.7 Å². The van der Waals surface area contributed by atoms with Crippen LogP contribution in [0.15, 0.2) is 57.2 Å². The Hall–Kier alpha value is -1.99. The molecule has 1 fully saturated rings. The summed E-state index contributed by atoms with van der Waals surface area (Å²) in [5, 5.41) is 0. The molecule has 136 valence electrons. The van der Waals surface area contributed by atoms with Gasteiger partial charge in [0.25, 0.3) is 0 Å². The highest BCUT2D eigenvalue weighted by Gasteiger charge is 2.33. The van der Waals surface area contributed by atoms with Crippen LogP contribution in [-0.2, 0) is 6.18 Å². The number of rotatable bonds is 0. The van der Waals surface area contributed by atoms with Gasteiger partial charge in [-0.05, 0) is 37.4 Å². The lowest BCUT2D eigenvalue weighted by atomic mass is 10.1. The molecule has 2 heterocycles. The van der Waals surface area contributed by atoms with Gasteiger partial charge >= 0.3 is 6.18 Å². The summed E-state index contributed by atoms with van der Waals surface area (Å²) < 4.78 is 39.8. The summed E-state index contributed by atoms with van der Waals surface area (Å²) in [7, 11) is 2.05. The number of aliphatic imine (C=N–C) groups is 1. The molecule has 0 saturated carbocycles. The van der Waals surface area contributed by atoms with Gasteiger partial charge in [0.05, 0.1) is 11.3 Å². The molecule has 0 aliphatic carbocycles. The van der Waals surface area contributed by atoms with Crippen molar-refractivity contribution in [1.29, 1.82) is 0 Å². The Morgan fingerprint density at radius 2 is 1.69 bits per heavy atom. The number of amidine groups is 1. The van der Waals surface area contributed by atoms with Gasteiger partial charge in [-0.2, -0.15) is 13.2 Å². The molecule has 2 aromatic carbocycles. The van der Waals surface area contributed by atoms with E-state index in [0.29, 0.717) is 11.4 Å². The molecule has 1 saturated heterocycles. The third kappa shape index (κ3) is 3.33. The topological polar surface area (TPSA) is 18.8 Å². The molecule has 0 unspecified atom stereocenters. The predicted molar refractivity (Wildman–Crippen MR) is 97.3 cm³/mol. The monoisotopic (exact) mass is 377 g/mol. The second-order valence-electron chi connectivity index (χ2n) is 6.50. The Morgan fingerprint density at radius 3 is 2.42 bits per heavy atom. The summed E-state index contributed by atoms with van der Waals surface area (Å²) in [6.07, 6.45) is -4.37. The van der Waals surface area contributed by atoms with Crippen LogP contribution in [0, 0.1) is 0 Å². The van der Waals surface area contributed by atoms with Crippen LogP contribution in [0.25, 0.3) is 0 Å². The predicted octanol–water partition coefficient (Wildman–Crippen LogP) is 4.50. The van der Waals surface area contributed by atoms with E-state index in [9.17, 15) is 13.2 Å². The minimum absolute atomic E-state index is 0.561. The molecule has 0 spiro atoms. The fourth-order valence-electron chi connectivity index (χ4n) is 3.16. The molecular formula is C19H18F3N3S. The first-order chi connectivity index (χ1) is 12.4. The standard InChI is InChI=1S/C19H18F3N3S/c1-24-8-10-25(11-9-24)18-14-12-13(19(20,21)22)6-7-16(14)26-17-5-3-2-4-15(17)23-18/h2-7,12H,8-11H2,1H3. The van der Waals surface area contributed by atoms with Gasteiger partial charge in [0.15, 0.2) is 0 Å². The quantitative estimate of drug-likeness (QED) is 0.674. The van der Waals surface area contributed by atoms with Crippen LogP contribution < -0.4 is 0 Å². The number of likely N-dealkylation sites (N-methyl/N-ethyl adjacent to an activating group) is 1. The Bertz CT molecular complexity index is 855. The van der Waals surface area contributed by atoms with Gasteiger partial charge in [-0.15, -0.1) is 0 Å². The second kappa shape index (κ2) is 6.63. The first kappa shape index (κ1) is 17.4. The van der Waals surface area contributed by atoms with Crippen LogP contribution in [0.3, 0.4) is 0 Å². The van der Waals surface area contributed by atoms with Crippen LogP contribution in [0.1, 0.15) is 11.1 Å². The number of nitrogens with zero attached hydrogens (tertiary/aromatic N) is 3. The third-order valence-corrected chi connectivity index (χ3v) is 5.80. The van der Waals surface area contributed by atoms with Crippen LogP contribution in [-0.4, -0.2) is 48.9 Å². The van der Waals surface area contributed by atoms with Gasteiger partial charge in [-0.1, -0.05) is 23.9 Å². The lowest BCUT2D eigenvalue weighted by Gasteiger charge is -2.35. The Balaban J connectivity index is 1.85. The Morgan fingerprint density at radius 1 is 0.962 bits per heavy atom. The highest BCUT2D eigenvalue weighted by Crippen LogP contribution is 2.42. The molecule has 0 radical (unpaired) electrons. The van der Waals surface area contributed by atoms with E-state index in [1.165, 1.54) is 17.8 Å². The first-order valence-corrected chi connectivity index (χ1v) is 9.24. The van der Waals surface area contributed by atoms with Crippen molar-refractivity contribution >= 4 is 23.3 Å². The summed E-state index contributed by atoms with van der Waals surface area (Å²) in [6, 6.07) is 11.7. The van der Waals surface area contributed by atoms with Gasteiger partial charge in [0.2, 0.25) is 0 Å². The maximum Gasteiger partial charge on any atom is 0.416 e. The number of piperazine rings is 1. The van der Waals surface area contributed by atoms with E-state index in [1.54, 1.807) is 6.07 Å². The fourth-order valence-corrected chi connectivity index (χ4v) is 4.16. The van der Waals surface area contributed by atoms with Crippen LogP contribution in [0.5, 0.6) is 0 Å². The van der Waals surface area contributed by atoms with Crippen molar-refractivity contribution < 1.29 is 13.2 Å². The van der Waals surface area contributed by atoms with Crippen molar-refractivity contribution in [1.82, 2.24) is 9.80 Å². The largest absolute Gasteiger partial charge is 0.416 e. The zero-order chi connectivity index (χ0) is 18.3. The summed E-state index contributed by atoms with van der Waals surface area (Å²) >= 11 is 1.47. The average Bonchev–Trinajstić information content (AvgIpc) is 2.77. The molecule has 0 atom stereocenters. The SMILES string of the molecule is CN1CCN(C2=Nc3ccccc3Sc3ccc(C(F)(F)F)cc32)CC1. The number of halogens is 3. The summed E-state index contributed by atoms with van der Waals surface area (Å²) in [4.78, 5) is 10.9. The van der Waals surface area contributed by atoms with Crippen molar-refractivity contribution in [2.75, 3.05) is 33.2 Å². The zero-order valence-corrected chi connectivity index (χ0v) is 15.1. The molecule has 2 aromatic rings. The van der Waals surface area contributed by atoms with E-state index in [0.717, 1.165) is 47.7 Å². The molecule has 2 aliphatic rings. The normalized spacial score (nSPS) is 18.0. The van der Waals surface area contributed by atoms with E-state index in [2.05, 4.69) is 9.80 Å². The van der Waals surface area contributed by atoms with Crippen molar-refractivity contribution in [2.24, 2.45) is 4.99 Å². The molecule has 26 heavy (non-hydrogen) atoms. The minimum atomic E-state index is -4.37. The molecule has 0 N–H and O–H groups in total. The van der Waals surface area contributed by atoms with Crippen molar-refractivity contribution in [3.63, 3.8) is 0 Å². The van der Waals surface area contributed by atoms with Crippen LogP contribution >= 0.6 is 11.8 Å². The van der Waals surface area contributed by atoms with E-state index in [4.69, 9.17) is 4.99 Å². The molecule has 4 rings (SSSR count). The molecule has 0 amide bonds. The lowest BCUT2D eigenvalue weighted by Crippen LogP contribution is -2.47. The van der Waals surface area contributed by atoms with Crippen molar-refractivity contribution in [3.8, 4) is 0 Å². The highest BCUT2D eigenvalue weighted by atomic mass is 32.2. The number of fused-ring (bicyclic) bond motifs is 2. The molecular weight excluding hydrogens is 359 g/mol. The van der Waals surface area contributed by atoms with E-state index >= 15 is 0 Å². The number of benzene rings is 2. The van der Waals surface area contributed by atoms with E-state index in [-0.39, 0.29) is 0 Å². The van der Waals surface area contributed by atoms with Crippen LogP contribution in [0.4, 0.5) is 18.9 Å². The Kier molecular flexibility index (Phi) is 4.44. The smallest absolute Gasteiger partial charge is 0.354 e. The summed E-state index contributed by atoms with van der Waals surface area (Å²) in [6.45, 7) is 3.22. The Labute approximate surface area is 154 Å². The number of para-hydroxylation sites is 1. The second-order valence-corrected chi connectivity index (χ2v) is 7.59. The number of alkyl halides is 3. The van der Waals surface area contributed by atoms with Crippen LogP contribution in [0.2, 0.25) is 0 Å². The lowest BCUT2D eigenvalue weighted by molar-refractivity contribution is -0.137. The zero-order valence-electron chi connectivity index (χ0n) is 14.3. The molecule has 2 aliphatic heterocycles. The maximum atomic E-state index is 13.3. The highest BCUT2D eigenvalue weighted by molar-refractivity contribution is 7.99. The molecule has 7 heteroatoms. The maximum absolute atomic E-state index is 13.3. The van der Waals surface area contributed by atoms with Gasteiger partial charge in [-0.25, -0.2) is 4.99 Å². The fraction of sp³-hybridized carbons (Fsp3) is 0.316. The van der Waals surface area contributed by atoms with Gasteiger partial charge in [0, 0.05) is 41.5 Å². The summed E-state index contributed by atoms with van der Waals surface area (Å²) in [5.74, 6) is 0.636. The minimum Gasteiger partial charge on any atom is -0.354 e. The number of hydrogen-bond acceptors (Lipinski definition) is 4. The van der Waals surface area contributed by atoms with Gasteiger partial charge < -0.3 is 9.80 Å². The van der Waals surface area contributed by atoms with Crippen molar-refractivity contribution in [2.45, 2.75) is 16.0 Å². The third-order valence-electron chi connectivity index (χ3n) is 4.66. The number of hydrogen-bond donors (Lipinski definition) is 0. The molecule has 0 aromatic heterocycles. The summed E-state index contributed by atoms with van der Waals surface area (Å²) in [5.41, 5.74) is 0.728. The van der Waals surface area contributed by atoms with Gasteiger partial charge in [0.1, 0.15) is 5.84 Å². The van der Waals surface area contributed by atoms with E-state index in [1.807, 2.05) is 31.3 Å². The average molecular weight is 377 g/mol. The van der Waals surface area contributed by atoms with Gasteiger partial charge in [-0.3, -0.25) is 0 Å². The van der Waals surface area contributed by atoms with Crippen molar-refractivity contribution in [3.05, 3.63) is 53.6 Å². The first-order valence-electron chi connectivity index (χ1n) is 8.42. The molecule has 0 bridgehead atoms.